The monoisotopic (exact) mass is 1060 g/mol. The molecule has 18 rings (SSSR count). The summed E-state index contributed by atoms with van der Waals surface area (Å²) in [6, 6.07) is 64.7. The molecule has 0 radical (unpaired) electrons. The Kier molecular flexibility index (Phi) is 8.84. The van der Waals surface area contributed by atoms with Crippen LogP contribution < -0.4 is 11.1 Å². The van der Waals surface area contributed by atoms with Gasteiger partial charge in [-0.2, -0.15) is 0 Å². The fourth-order valence-electron chi connectivity index (χ4n) is 13.1. The van der Waals surface area contributed by atoms with Crippen LogP contribution in [0.25, 0.3) is 172 Å². The Bertz CT molecular complexity index is 5850. The lowest BCUT2D eigenvalue weighted by atomic mass is 9.93. The second-order valence-corrected chi connectivity index (χ2v) is 23.0. The molecule has 8 nitrogen and oxygen atoms in total. The van der Waals surface area contributed by atoms with Gasteiger partial charge in [-0.3, -0.25) is 38.3 Å². The van der Waals surface area contributed by atoms with Crippen LogP contribution in [0.15, 0.2) is 229 Å². The second-order valence-electron chi connectivity index (χ2n) is 20.9. The summed E-state index contributed by atoms with van der Waals surface area (Å²) in [5.41, 5.74) is 13.2. The summed E-state index contributed by atoms with van der Waals surface area (Å²) in [4.78, 5) is 47.8. The van der Waals surface area contributed by atoms with Gasteiger partial charge in [0, 0.05) is 119 Å². The van der Waals surface area contributed by atoms with E-state index in [1.165, 1.54) is 29.6 Å². The van der Waals surface area contributed by atoms with Crippen molar-refractivity contribution in [2.24, 2.45) is 0 Å². The summed E-state index contributed by atoms with van der Waals surface area (Å²) >= 11 is 3.61. The van der Waals surface area contributed by atoms with Crippen molar-refractivity contribution in [2.45, 2.75) is 0 Å². The molecule has 0 aliphatic heterocycles. The minimum absolute atomic E-state index is 0.0156. The van der Waals surface area contributed by atoms with Gasteiger partial charge < -0.3 is 0 Å². The van der Waals surface area contributed by atoms with Crippen LogP contribution in [-0.2, 0) is 0 Å². The molecule has 18 aromatic rings. The normalized spacial score (nSPS) is 12.3. The van der Waals surface area contributed by atoms with Crippen LogP contribution in [0.4, 0.5) is 0 Å². The Morgan fingerprint density at radius 3 is 1.50 bits per heavy atom. The third-order valence-corrected chi connectivity index (χ3v) is 19.0. The average molecular weight is 1060 g/mol. The van der Waals surface area contributed by atoms with Crippen LogP contribution in [0.5, 0.6) is 0 Å². The number of fused-ring (bicyclic) bond motifs is 16. The smallest absolute Gasteiger partial charge is 0.263 e. The Labute approximate surface area is 460 Å². The van der Waals surface area contributed by atoms with E-state index < -0.39 is 0 Å². The van der Waals surface area contributed by atoms with Crippen molar-refractivity contribution in [1.29, 1.82) is 0 Å². The van der Waals surface area contributed by atoms with Gasteiger partial charge in [0.05, 0.1) is 45.8 Å². The number of pyridine rings is 2. The van der Waals surface area contributed by atoms with Gasteiger partial charge in [0.25, 0.3) is 11.1 Å². The number of benzene rings is 10. The van der Waals surface area contributed by atoms with Gasteiger partial charge in [0.2, 0.25) is 0 Å². The highest BCUT2D eigenvalue weighted by Crippen LogP contribution is 2.46. The number of hydrogen-bond acceptors (Lipinski definition) is 8. The van der Waals surface area contributed by atoms with Crippen LogP contribution >= 0.6 is 22.7 Å². The van der Waals surface area contributed by atoms with E-state index in [0.29, 0.717) is 10.8 Å². The van der Waals surface area contributed by atoms with Crippen molar-refractivity contribution in [1.82, 2.24) is 28.7 Å². The highest BCUT2D eigenvalue weighted by molar-refractivity contribution is 7.26. The van der Waals surface area contributed by atoms with E-state index in [1.807, 2.05) is 56.5 Å². The van der Waals surface area contributed by atoms with Gasteiger partial charge >= 0.3 is 0 Å². The van der Waals surface area contributed by atoms with Gasteiger partial charge in [-0.25, -0.2) is 0 Å². The van der Waals surface area contributed by atoms with Gasteiger partial charge in [-0.1, -0.05) is 91.0 Å². The minimum atomic E-state index is -0.0689. The summed E-state index contributed by atoms with van der Waals surface area (Å²) in [5, 5.41) is 14.0. The molecule has 0 saturated carbocycles. The molecule has 370 valence electrons. The average Bonchev–Trinajstić information content (AvgIpc) is 4.12. The number of aromatic nitrogens is 6. The van der Waals surface area contributed by atoms with Crippen molar-refractivity contribution in [2.75, 3.05) is 0 Å². The lowest BCUT2D eigenvalue weighted by Crippen LogP contribution is -2.13. The van der Waals surface area contributed by atoms with E-state index >= 15 is 0 Å². The molecule has 0 spiro atoms. The Balaban J connectivity index is 0.805. The first-order chi connectivity index (χ1) is 39.5. The Hall–Kier alpha value is -10.3. The highest BCUT2D eigenvalue weighted by Gasteiger charge is 2.24. The third kappa shape index (κ3) is 6.08. The van der Waals surface area contributed by atoms with Crippen molar-refractivity contribution in [3.8, 4) is 55.9 Å². The zero-order chi connectivity index (χ0) is 52.5. The molecule has 0 fully saturated rings. The number of rotatable bonds is 5. The first-order valence-electron chi connectivity index (χ1n) is 26.5. The van der Waals surface area contributed by atoms with E-state index in [0.717, 1.165) is 132 Å². The molecule has 0 aliphatic rings. The van der Waals surface area contributed by atoms with E-state index in [9.17, 15) is 9.59 Å². The van der Waals surface area contributed by atoms with Gasteiger partial charge in [0.1, 0.15) is 0 Å². The fraction of sp³-hybridized carbons (Fsp3) is 0. The molecule has 80 heavy (non-hydrogen) atoms. The first kappa shape index (κ1) is 43.8. The zero-order valence-electron chi connectivity index (χ0n) is 42.1. The van der Waals surface area contributed by atoms with Crippen molar-refractivity contribution in [3.05, 3.63) is 240 Å². The molecule has 0 aliphatic carbocycles. The van der Waals surface area contributed by atoms with Crippen molar-refractivity contribution < 1.29 is 0 Å². The molecule has 8 heterocycles. The lowest BCUT2D eigenvalue weighted by molar-refractivity contribution is 1.20. The molecule has 0 N–H and O–H groups in total. The van der Waals surface area contributed by atoms with E-state index in [1.54, 1.807) is 48.5 Å². The summed E-state index contributed by atoms with van der Waals surface area (Å²) in [5.74, 6) is 0. The van der Waals surface area contributed by atoms with E-state index in [4.69, 9.17) is 4.98 Å². The molecule has 0 saturated heterocycles. The van der Waals surface area contributed by atoms with Crippen molar-refractivity contribution >= 4 is 139 Å². The SMILES string of the molecule is O=c1c2ccc(-c3ccc4sc5ccc(-c6ccc7c8ccc(-c9ccc%10sc%11ccccc%11c%10c9)cc8n8c(=O)c9ccccc9c6c78)cc5c4c3)cc2c2cc(-c3cnccn3)cc3c4cc(-c5cnccn5)ccc4n1c23. The third-order valence-electron chi connectivity index (χ3n) is 16.7. The maximum Gasteiger partial charge on any atom is 0.263 e. The van der Waals surface area contributed by atoms with Crippen LogP contribution in [-0.4, -0.2) is 28.7 Å². The molecule has 0 unspecified atom stereocenters. The second kappa shape index (κ2) is 16.2. The Morgan fingerprint density at radius 1 is 0.312 bits per heavy atom. The predicted molar refractivity (Wildman–Crippen MR) is 332 cm³/mol. The molecule has 10 heteroatoms. The number of thiophene rings is 2. The van der Waals surface area contributed by atoms with Crippen LogP contribution in [0.1, 0.15) is 0 Å². The quantitative estimate of drug-likeness (QED) is 0.159. The standard InChI is InChI=1S/C70H36N6O2S2/c77-69-49-7-2-1-6-47(49)66-44(17-18-48-45-15-9-40(34-61(45)76(69)68(48)66)39-13-20-63-53(28-39)46-5-3-4-8-62(46)79-63)41-14-22-65-55(30-41)54-29-38(12-21-64(54)80-65)37-10-16-50-51(27-37)56-32-43(59-36-72-24-26-74-59)33-57-52-31-42(58-35-71-23-25-73-58)11-19-60(52)75(67(56)57)70(50)78/h1-36H. The number of hydrogen-bond donors (Lipinski definition) is 0. The van der Waals surface area contributed by atoms with Gasteiger partial charge in [-0.15, -0.1) is 22.7 Å². The highest BCUT2D eigenvalue weighted by atomic mass is 32.1. The molecule has 0 amide bonds. The molecule has 10 aromatic carbocycles. The van der Waals surface area contributed by atoms with Gasteiger partial charge in [0.15, 0.2) is 0 Å². The molecular formula is C70H36N6O2S2. The first-order valence-corrected chi connectivity index (χ1v) is 28.1. The van der Waals surface area contributed by atoms with Gasteiger partial charge in [-0.05, 0) is 135 Å². The van der Waals surface area contributed by atoms with Crippen LogP contribution in [0.3, 0.4) is 0 Å². The summed E-state index contributed by atoms with van der Waals surface area (Å²) in [6.45, 7) is 0. The maximum absolute atomic E-state index is 14.9. The Morgan fingerprint density at radius 2 is 0.800 bits per heavy atom. The summed E-state index contributed by atoms with van der Waals surface area (Å²) < 4.78 is 8.76. The van der Waals surface area contributed by atoms with E-state index in [2.05, 4.69) is 161 Å². The topological polar surface area (TPSA) is 94.5 Å². The summed E-state index contributed by atoms with van der Waals surface area (Å²) in [6.07, 6.45) is 10.3. The minimum Gasteiger partial charge on any atom is -0.275 e. The zero-order valence-corrected chi connectivity index (χ0v) is 43.7. The molecule has 8 aromatic heterocycles. The number of nitrogens with zero attached hydrogens (tertiary/aromatic N) is 6. The maximum atomic E-state index is 14.9. The lowest BCUT2D eigenvalue weighted by Gasteiger charge is -2.12. The van der Waals surface area contributed by atoms with E-state index in [-0.39, 0.29) is 11.1 Å². The van der Waals surface area contributed by atoms with Crippen molar-refractivity contribution in [3.63, 3.8) is 0 Å². The molecule has 0 atom stereocenters. The molecular weight excluding hydrogens is 1020 g/mol. The fourth-order valence-corrected chi connectivity index (χ4v) is 15.2. The predicted octanol–water partition coefficient (Wildman–Crippen LogP) is 17.4. The molecule has 0 bridgehead atoms. The van der Waals surface area contributed by atoms with Crippen LogP contribution in [0.2, 0.25) is 0 Å². The summed E-state index contributed by atoms with van der Waals surface area (Å²) in [7, 11) is 0. The van der Waals surface area contributed by atoms with Crippen LogP contribution in [0, 0.1) is 0 Å². The largest absolute Gasteiger partial charge is 0.275 e.